The van der Waals surface area contributed by atoms with Gasteiger partial charge in [0.05, 0.1) is 0 Å². The molecular weight excluding hydrogens is 280 g/mol. The minimum atomic E-state index is -0.356. The summed E-state index contributed by atoms with van der Waals surface area (Å²) in [6.07, 6.45) is 6.69. The van der Waals surface area contributed by atoms with Gasteiger partial charge in [0.15, 0.2) is 0 Å². The highest BCUT2D eigenvalue weighted by Crippen LogP contribution is 2.61. The summed E-state index contributed by atoms with van der Waals surface area (Å²) in [6, 6.07) is 20.5. The molecule has 2 aliphatic carbocycles. The molecule has 0 N–H and O–H groups in total. The summed E-state index contributed by atoms with van der Waals surface area (Å²) < 4.78 is 5.84. The molecule has 0 amide bonds. The maximum absolute atomic E-state index is 5.84. The highest BCUT2D eigenvalue weighted by molar-refractivity contribution is 5.64. The number of rotatable bonds is 2. The molecule has 1 saturated carbocycles. The van der Waals surface area contributed by atoms with E-state index in [1.165, 1.54) is 11.1 Å². The molecule has 0 spiro atoms. The van der Waals surface area contributed by atoms with Gasteiger partial charge in [-0.25, -0.2) is 0 Å². The SMILES string of the molecule is COC1(C#Cc2ccccc2)C2C=C/C(=C\c3ccccc3)C21. The molecule has 3 atom stereocenters. The molecule has 0 heterocycles. The molecule has 2 aromatic carbocycles. The van der Waals surface area contributed by atoms with Gasteiger partial charge in [-0.3, -0.25) is 0 Å². The third kappa shape index (κ3) is 2.42. The largest absolute Gasteiger partial charge is 0.364 e. The first-order valence-electron chi connectivity index (χ1n) is 7.92. The fourth-order valence-corrected chi connectivity index (χ4v) is 3.46. The predicted molar refractivity (Wildman–Crippen MR) is 93.6 cm³/mol. The van der Waals surface area contributed by atoms with Crippen molar-refractivity contribution >= 4 is 6.08 Å². The van der Waals surface area contributed by atoms with E-state index in [1.54, 1.807) is 7.11 Å². The van der Waals surface area contributed by atoms with Crippen LogP contribution in [-0.2, 0) is 4.74 Å². The molecule has 1 nitrogen and oxygen atoms in total. The van der Waals surface area contributed by atoms with Crippen LogP contribution in [0.4, 0.5) is 0 Å². The number of fused-ring (bicyclic) bond motifs is 1. The summed E-state index contributed by atoms with van der Waals surface area (Å²) in [6.45, 7) is 0. The Bertz CT molecular complexity index is 821. The van der Waals surface area contributed by atoms with Crippen LogP contribution < -0.4 is 0 Å². The lowest BCUT2D eigenvalue weighted by molar-refractivity contribution is 0.111. The molecule has 1 heteroatoms. The van der Waals surface area contributed by atoms with Gasteiger partial charge in [-0.15, -0.1) is 0 Å². The standard InChI is InChI=1S/C22H18O/c1-23-22(15-14-17-8-4-2-5-9-17)20-13-12-19(21(20)22)16-18-10-6-3-7-11-18/h2-13,16,20-21H,1H3/b19-16+. The predicted octanol–water partition coefficient (Wildman–Crippen LogP) is 4.32. The smallest absolute Gasteiger partial charge is 0.143 e. The Labute approximate surface area is 137 Å². The van der Waals surface area contributed by atoms with Gasteiger partial charge >= 0.3 is 0 Å². The third-order valence-electron chi connectivity index (χ3n) is 4.71. The molecule has 112 valence electrons. The van der Waals surface area contributed by atoms with Gasteiger partial charge in [0.25, 0.3) is 0 Å². The molecule has 3 unspecified atom stereocenters. The number of hydrogen-bond donors (Lipinski definition) is 0. The molecule has 0 radical (unpaired) electrons. The maximum atomic E-state index is 5.84. The first-order chi connectivity index (χ1) is 11.3. The molecule has 0 bridgehead atoms. The van der Waals surface area contributed by atoms with E-state index in [0.29, 0.717) is 11.8 Å². The topological polar surface area (TPSA) is 9.23 Å². The van der Waals surface area contributed by atoms with Crippen molar-refractivity contribution in [2.24, 2.45) is 11.8 Å². The Hall–Kier alpha value is -2.56. The Balaban J connectivity index is 1.63. The first kappa shape index (κ1) is 14.1. The van der Waals surface area contributed by atoms with Crippen molar-refractivity contribution in [2.45, 2.75) is 5.60 Å². The van der Waals surface area contributed by atoms with Crippen molar-refractivity contribution < 1.29 is 4.74 Å². The van der Waals surface area contributed by atoms with E-state index in [1.807, 2.05) is 36.4 Å². The fraction of sp³-hybridized carbons (Fsp3) is 0.182. The van der Waals surface area contributed by atoms with Crippen LogP contribution in [0.2, 0.25) is 0 Å². The second-order valence-electron chi connectivity index (χ2n) is 6.03. The zero-order valence-corrected chi connectivity index (χ0v) is 13.1. The zero-order chi connectivity index (χ0) is 15.7. The Morgan fingerprint density at radius 1 is 1.00 bits per heavy atom. The number of allylic oxidation sites excluding steroid dienone is 1. The Kier molecular flexibility index (Phi) is 3.41. The van der Waals surface area contributed by atoms with E-state index >= 15 is 0 Å². The lowest BCUT2D eigenvalue weighted by atomic mass is 10.0. The van der Waals surface area contributed by atoms with Crippen LogP contribution in [-0.4, -0.2) is 12.7 Å². The highest BCUT2D eigenvalue weighted by atomic mass is 16.5. The van der Waals surface area contributed by atoms with Crippen molar-refractivity contribution in [3.63, 3.8) is 0 Å². The van der Waals surface area contributed by atoms with Gasteiger partial charge in [-0.1, -0.05) is 78.6 Å². The van der Waals surface area contributed by atoms with Crippen LogP contribution in [0.15, 0.2) is 78.4 Å². The molecule has 0 saturated heterocycles. The highest BCUT2D eigenvalue weighted by Gasteiger charge is 2.67. The number of hydrogen-bond acceptors (Lipinski definition) is 1. The summed E-state index contributed by atoms with van der Waals surface area (Å²) in [7, 11) is 1.77. The summed E-state index contributed by atoms with van der Waals surface area (Å²) in [5, 5.41) is 0. The normalized spacial score (nSPS) is 29.0. The van der Waals surface area contributed by atoms with E-state index in [4.69, 9.17) is 4.74 Å². The molecule has 2 aliphatic rings. The van der Waals surface area contributed by atoms with Gasteiger partial charge < -0.3 is 4.74 Å². The summed E-state index contributed by atoms with van der Waals surface area (Å²) in [5.74, 6) is 7.39. The van der Waals surface area contributed by atoms with Crippen LogP contribution in [0.1, 0.15) is 11.1 Å². The van der Waals surface area contributed by atoms with Crippen LogP contribution in [0, 0.1) is 23.7 Å². The van der Waals surface area contributed by atoms with E-state index in [-0.39, 0.29) is 5.60 Å². The summed E-state index contributed by atoms with van der Waals surface area (Å²) >= 11 is 0. The molecule has 2 aromatic rings. The monoisotopic (exact) mass is 298 g/mol. The van der Waals surface area contributed by atoms with E-state index in [9.17, 15) is 0 Å². The van der Waals surface area contributed by atoms with Gasteiger partial charge in [0, 0.05) is 24.5 Å². The average Bonchev–Trinajstić information content (AvgIpc) is 3.06. The Morgan fingerprint density at radius 2 is 1.70 bits per heavy atom. The second-order valence-corrected chi connectivity index (χ2v) is 6.03. The molecule has 0 aromatic heterocycles. The third-order valence-corrected chi connectivity index (χ3v) is 4.71. The van der Waals surface area contributed by atoms with Crippen LogP contribution in [0.3, 0.4) is 0 Å². The summed E-state index contributed by atoms with van der Waals surface area (Å²) in [5.41, 5.74) is 3.21. The molecule has 1 fully saturated rings. The van der Waals surface area contributed by atoms with E-state index in [0.717, 1.165) is 5.56 Å². The zero-order valence-electron chi connectivity index (χ0n) is 13.1. The molecular formula is C22H18O. The van der Waals surface area contributed by atoms with Crippen molar-refractivity contribution in [3.8, 4) is 11.8 Å². The van der Waals surface area contributed by atoms with E-state index in [2.05, 4.69) is 54.3 Å². The van der Waals surface area contributed by atoms with Crippen LogP contribution in [0.25, 0.3) is 6.08 Å². The summed E-state index contributed by atoms with van der Waals surface area (Å²) in [4.78, 5) is 0. The Morgan fingerprint density at radius 3 is 2.39 bits per heavy atom. The first-order valence-corrected chi connectivity index (χ1v) is 7.92. The molecule has 0 aliphatic heterocycles. The number of methoxy groups -OCH3 is 1. The van der Waals surface area contributed by atoms with E-state index < -0.39 is 0 Å². The van der Waals surface area contributed by atoms with Crippen molar-refractivity contribution in [2.75, 3.05) is 7.11 Å². The van der Waals surface area contributed by atoms with Crippen LogP contribution in [0.5, 0.6) is 0 Å². The molecule has 23 heavy (non-hydrogen) atoms. The number of ether oxygens (including phenoxy) is 1. The van der Waals surface area contributed by atoms with Crippen LogP contribution >= 0.6 is 0 Å². The lowest BCUT2D eigenvalue weighted by Gasteiger charge is -2.11. The van der Waals surface area contributed by atoms with Gasteiger partial charge in [-0.2, -0.15) is 0 Å². The minimum Gasteiger partial charge on any atom is -0.364 e. The van der Waals surface area contributed by atoms with Crippen molar-refractivity contribution in [1.29, 1.82) is 0 Å². The lowest BCUT2D eigenvalue weighted by Crippen LogP contribution is -2.16. The van der Waals surface area contributed by atoms with Gasteiger partial charge in [-0.05, 0) is 23.3 Å². The van der Waals surface area contributed by atoms with Crippen molar-refractivity contribution in [1.82, 2.24) is 0 Å². The van der Waals surface area contributed by atoms with Gasteiger partial charge in [0.2, 0.25) is 0 Å². The minimum absolute atomic E-state index is 0.351. The number of benzene rings is 2. The second kappa shape index (κ2) is 5.57. The quantitative estimate of drug-likeness (QED) is 0.750. The molecule has 4 rings (SSSR count). The van der Waals surface area contributed by atoms with Crippen molar-refractivity contribution in [3.05, 3.63) is 89.5 Å². The van der Waals surface area contributed by atoms with Gasteiger partial charge in [0.1, 0.15) is 5.60 Å². The average molecular weight is 298 g/mol. The maximum Gasteiger partial charge on any atom is 0.143 e. The fourth-order valence-electron chi connectivity index (χ4n) is 3.46.